The van der Waals surface area contributed by atoms with E-state index in [0.717, 1.165) is 32.1 Å². The standard InChI is InChI=1S/C16H12ClN3S/c1-10-5-6-14(16-15(10)13(17)9-19-16)20-21-12-4-2-3-11(7-12)8-18/h2-7,9,19-20H,1H3. The Morgan fingerprint density at radius 1 is 1.29 bits per heavy atom. The molecule has 0 bridgehead atoms. The third-order valence-corrected chi connectivity index (χ3v) is 4.35. The quantitative estimate of drug-likeness (QED) is 0.660. The highest BCUT2D eigenvalue weighted by Crippen LogP contribution is 2.33. The monoisotopic (exact) mass is 313 g/mol. The van der Waals surface area contributed by atoms with Gasteiger partial charge < -0.3 is 9.71 Å². The summed E-state index contributed by atoms with van der Waals surface area (Å²) in [6.45, 7) is 2.04. The molecular formula is C16H12ClN3S. The third kappa shape index (κ3) is 2.71. The van der Waals surface area contributed by atoms with Crippen molar-refractivity contribution in [3.8, 4) is 6.07 Å². The fraction of sp³-hybridized carbons (Fsp3) is 0.0625. The van der Waals surface area contributed by atoms with Crippen LogP contribution in [0.3, 0.4) is 0 Å². The van der Waals surface area contributed by atoms with E-state index in [1.807, 2.05) is 37.3 Å². The van der Waals surface area contributed by atoms with Crippen LogP contribution < -0.4 is 4.72 Å². The summed E-state index contributed by atoms with van der Waals surface area (Å²) in [6, 6.07) is 13.7. The lowest BCUT2D eigenvalue weighted by atomic mass is 10.1. The molecule has 0 spiro atoms. The first-order chi connectivity index (χ1) is 10.2. The predicted octanol–water partition coefficient (Wildman–Crippen LogP) is 5.12. The number of anilines is 1. The van der Waals surface area contributed by atoms with E-state index >= 15 is 0 Å². The van der Waals surface area contributed by atoms with Crippen LogP contribution >= 0.6 is 23.5 Å². The highest BCUT2D eigenvalue weighted by Gasteiger charge is 2.09. The van der Waals surface area contributed by atoms with E-state index in [-0.39, 0.29) is 0 Å². The SMILES string of the molecule is Cc1ccc(NSc2cccc(C#N)c2)c2[nH]cc(Cl)c12. The Morgan fingerprint density at radius 2 is 2.14 bits per heavy atom. The van der Waals surface area contributed by atoms with Crippen LogP contribution in [0.5, 0.6) is 0 Å². The molecule has 3 rings (SSSR count). The summed E-state index contributed by atoms with van der Waals surface area (Å²) in [6.07, 6.45) is 1.80. The molecule has 0 aliphatic heterocycles. The Kier molecular flexibility index (Phi) is 3.78. The Labute approximate surface area is 132 Å². The van der Waals surface area contributed by atoms with Crippen LogP contribution in [-0.2, 0) is 0 Å². The zero-order chi connectivity index (χ0) is 14.8. The molecule has 1 aromatic heterocycles. The van der Waals surface area contributed by atoms with Gasteiger partial charge in [-0.15, -0.1) is 0 Å². The molecule has 104 valence electrons. The van der Waals surface area contributed by atoms with Gasteiger partial charge in [-0.25, -0.2) is 0 Å². The Bertz CT molecular complexity index is 848. The molecule has 0 atom stereocenters. The minimum absolute atomic E-state index is 0.652. The summed E-state index contributed by atoms with van der Waals surface area (Å²) in [4.78, 5) is 4.18. The summed E-state index contributed by atoms with van der Waals surface area (Å²) >= 11 is 7.67. The summed E-state index contributed by atoms with van der Waals surface area (Å²) in [5.74, 6) is 0. The van der Waals surface area contributed by atoms with Gasteiger partial charge in [0.15, 0.2) is 0 Å². The normalized spacial score (nSPS) is 10.5. The first kappa shape index (κ1) is 13.9. The van der Waals surface area contributed by atoms with Gasteiger partial charge in [0.2, 0.25) is 0 Å². The van der Waals surface area contributed by atoms with Crippen molar-refractivity contribution in [2.75, 3.05) is 4.72 Å². The van der Waals surface area contributed by atoms with E-state index in [0.29, 0.717) is 5.56 Å². The highest BCUT2D eigenvalue weighted by atomic mass is 35.5. The van der Waals surface area contributed by atoms with Crippen molar-refractivity contribution in [2.24, 2.45) is 0 Å². The summed E-state index contributed by atoms with van der Waals surface area (Å²) in [7, 11) is 0. The number of rotatable bonds is 3. The van der Waals surface area contributed by atoms with E-state index in [9.17, 15) is 0 Å². The lowest BCUT2D eigenvalue weighted by Crippen LogP contribution is -1.89. The van der Waals surface area contributed by atoms with Gasteiger partial charge in [-0.2, -0.15) is 5.26 Å². The molecular weight excluding hydrogens is 302 g/mol. The van der Waals surface area contributed by atoms with Crippen LogP contribution in [0.15, 0.2) is 47.5 Å². The molecule has 5 heteroatoms. The topological polar surface area (TPSA) is 51.6 Å². The molecule has 0 saturated heterocycles. The second-order valence-corrected chi connectivity index (χ2v) is 5.95. The molecule has 0 saturated carbocycles. The van der Waals surface area contributed by atoms with Gasteiger partial charge in [0.1, 0.15) is 0 Å². The summed E-state index contributed by atoms with van der Waals surface area (Å²) in [5, 5.41) is 10.7. The number of H-pyrrole nitrogens is 1. The fourth-order valence-corrected chi connectivity index (χ4v) is 3.23. The van der Waals surface area contributed by atoms with E-state index in [1.54, 1.807) is 12.3 Å². The van der Waals surface area contributed by atoms with Crippen molar-refractivity contribution in [3.05, 3.63) is 58.7 Å². The molecule has 21 heavy (non-hydrogen) atoms. The fourth-order valence-electron chi connectivity index (χ4n) is 2.20. The first-order valence-corrected chi connectivity index (χ1v) is 7.57. The van der Waals surface area contributed by atoms with Crippen molar-refractivity contribution in [2.45, 2.75) is 11.8 Å². The van der Waals surface area contributed by atoms with Crippen molar-refractivity contribution in [1.29, 1.82) is 5.26 Å². The Morgan fingerprint density at radius 3 is 2.95 bits per heavy atom. The zero-order valence-electron chi connectivity index (χ0n) is 11.3. The molecule has 2 aromatic carbocycles. The number of hydrogen-bond acceptors (Lipinski definition) is 3. The number of nitrogens with one attached hydrogen (secondary N) is 2. The number of aromatic nitrogens is 1. The first-order valence-electron chi connectivity index (χ1n) is 6.38. The second-order valence-electron chi connectivity index (χ2n) is 4.66. The Hall–Kier alpha value is -2.09. The van der Waals surface area contributed by atoms with Crippen LogP contribution in [0, 0.1) is 18.3 Å². The summed E-state index contributed by atoms with van der Waals surface area (Å²) < 4.78 is 3.31. The van der Waals surface area contributed by atoms with Crippen molar-refractivity contribution in [1.82, 2.24) is 4.98 Å². The molecule has 0 radical (unpaired) electrons. The number of nitriles is 1. The van der Waals surface area contributed by atoms with Crippen molar-refractivity contribution < 1.29 is 0 Å². The number of benzene rings is 2. The van der Waals surface area contributed by atoms with Crippen LogP contribution in [0.2, 0.25) is 5.02 Å². The molecule has 2 N–H and O–H groups in total. The predicted molar refractivity (Wildman–Crippen MR) is 88.7 cm³/mol. The molecule has 0 aliphatic carbocycles. The minimum atomic E-state index is 0.652. The summed E-state index contributed by atoms with van der Waals surface area (Å²) in [5.41, 5.74) is 3.75. The number of hydrogen-bond donors (Lipinski definition) is 2. The lowest BCUT2D eigenvalue weighted by molar-refractivity contribution is 1.40. The Balaban J connectivity index is 1.89. The number of nitrogens with zero attached hydrogens (tertiary/aromatic N) is 1. The van der Waals surface area contributed by atoms with Crippen LogP contribution in [0.25, 0.3) is 10.9 Å². The third-order valence-electron chi connectivity index (χ3n) is 3.24. The minimum Gasteiger partial charge on any atom is -0.358 e. The average Bonchev–Trinajstić information content (AvgIpc) is 2.90. The van der Waals surface area contributed by atoms with Gasteiger partial charge in [-0.05, 0) is 48.7 Å². The van der Waals surface area contributed by atoms with Gasteiger partial charge in [-0.3, -0.25) is 0 Å². The number of fused-ring (bicyclic) bond motifs is 1. The highest BCUT2D eigenvalue weighted by molar-refractivity contribution is 8.00. The molecule has 0 amide bonds. The molecule has 0 unspecified atom stereocenters. The molecule has 3 nitrogen and oxygen atoms in total. The van der Waals surface area contributed by atoms with Crippen LogP contribution in [0.4, 0.5) is 5.69 Å². The molecule has 1 heterocycles. The molecule has 0 fully saturated rings. The van der Waals surface area contributed by atoms with Crippen molar-refractivity contribution in [3.63, 3.8) is 0 Å². The number of aryl methyl sites for hydroxylation is 1. The van der Waals surface area contributed by atoms with Gasteiger partial charge in [-0.1, -0.05) is 23.7 Å². The van der Waals surface area contributed by atoms with Gasteiger partial charge in [0.25, 0.3) is 0 Å². The van der Waals surface area contributed by atoms with E-state index < -0.39 is 0 Å². The van der Waals surface area contributed by atoms with Crippen LogP contribution in [0.1, 0.15) is 11.1 Å². The largest absolute Gasteiger partial charge is 0.358 e. The maximum absolute atomic E-state index is 8.92. The second kappa shape index (κ2) is 5.72. The maximum atomic E-state index is 8.92. The van der Waals surface area contributed by atoms with Gasteiger partial charge in [0.05, 0.1) is 27.9 Å². The average molecular weight is 314 g/mol. The zero-order valence-corrected chi connectivity index (χ0v) is 12.8. The lowest BCUT2D eigenvalue weighted by Gasteiger charge is -2.08. The molecule has 0 aliphatic rings. The maximum Gasteiger partial charge on any atom is 0.0992 e. The van der Waals surface area contributed by atoms with E-state index in [4.69, 9.17) is 16.9 Å². The smallest absolute Gasteiger partial charge is 0.0992 e. The van der Waals surface area contributed by atoms with Gasteiger partial charge >= 0.3 is 0 Å². The number of aromatic amines is 1. The number of halogens is 1. The van der Waals surface area contributed by atoms with Gasteiger partial charge in [0, 0.05) is 16.5 Å². The molecule has 3 aromatic rings. The van der Waals surface area contributed by atoms with Crippen LogP contribution in [-0.4, -0.2) is 4.98 Å². The van der Waals surface area contributed by atoms with E-state index in [2.05, 4.69) is 15.8 Å². The van der Waals surface area contributed by atoms with Crippen molar-refractivity contribution >= 4 is 40.1 Å². The van der Waals surface area contributed by atoms with E-state index in [1.165, 1.54) is 11.9 Å².